The number of carbonyl (C=O) groups is 1. The Hall–Kier alpha value is -2.05. The highest BCUT2D eigenvalue weighted by atomic mass is 16.7. The molecular weight excluding hydrogens is 376 g/mol. The number of hydrogen-bond donors (Lipinski definition) is 6. The third-order valence-electron chi connectivity index (χ3n) is 4.09. The van der Waals surface area contributed by atoms with Crippen molar-refractivity contribution in [1.29, 1.82) is 0 Å². The molecule has 1 aromatic carbocycles. The first-order chi connectivity index (χ1) is 13.3. The van der Waals surface area contributed by atoms with Gasteiger partial charge in [-0.3, -0.25) is 0 Å². The van der Waals surface area contributed by atoms with E-state index in [1.807, 2.05) is 0 Å². The van der Waals surface area contributed by atoms with Gasteiger partial charge in [0.25, 0.3) is 0 Å². The van der Waals surface area contributed by atoms with E-state index in [2.05, 4.69) is 0 Å². The number of phenolic OH excluding ortho intramolecular Hbond substituents is 1. The molecule has 1 fully saturated rings. The maximum atomic E-state index is 11.8. The third-order valence-corrected chi connectivity index (χ3v) is 4.09. The molecule has 1 saturated heterocycles. The van der Waals surface area contributed by atoms with Crippen LogP contribution in [0.3, 0.4) is 0 Å². The monoisotopic (exact) mass is 400 g/mol. The Morgan fingerprint density at radius 2 is 1.79 bits per heavy atom. The van der Waals surface area contributed by atoms with Crippen molar-refractivity contribution in [2.45, 2.75) is 36.8 Å². The lowest BCUT2D eigenvalue weighted by Gasteiger charge is -2.39. The van der Waals surface area contributed by atoms with Crippen molar-refractivity contribution in [3.63, 3.8) is 0 Å². The SMILES string of the molecule is O=C(/C=C/c1ccc(O)cc1)OC(CO)COC1OC(CO)C(O)C(O)C1O. The quantitative estimate of drug-likeness (QED) is 0.215. The number of aromatic hydroxyl groups is 1. The lowest BCUT2D eigenvalue weighted by atomic mass is 9.99. The Kier molecular flexibility index (Phi) is 8.33. The van der Waals surface area contributed by atoms with Gasteiger partial charge in [-0.25, -0.2) is 4.79 Å². The first-order valence-electron chi connectivity index (χ1n) is 8.56. The molecule has 10 nitrogen and oxygen atoms in total. The summed E-state index contributed by atoms with van der Waals surface area (Å²) in [5, 5.41) is 57.0. The van der Waals surface area contributed by atoms with Crippen LogP contribution in [0.25, 0.3) is 6.08 Å². The molecule has 0 aromatic heterocycles. The maximum Gasteiger partial charge on any atom is 0.331 e. The molecule has 6 atom stereocenters. The molecule has 0 saturated carbocycles. The summed E-state index contributed by atoms with van der Waals surface area (Å²) in [5.41, 5.74) is 0.646. The number of hydrogen-bond acceptors (Lipinski definition) is 10. The Bertz CT molecular complexity index is 644. The molecule has 0 bridgehead atoms. The van der Waals surface area contributed by atoms with Gasteiger partial charge in [-0.05, 0) is 23.8 Å². The summed E-state index contributed by atoms with van der Waals surface area (Å²) in [4.78, 5) is 11.8. The number of rotatable bonds is 8. The summed E-state index contributed by atoms with van der Waals surface area (Å²) >= 11 is 0. The van der Waals surface area contributed by atoms with E-state index in [1.54, 1.807) is 12.1 Å². The lowest BCUT2D eigenvalue weighted by molar-refractivity contribution is -0.305. The number of carbonyl (C=O) groups excluding carboxylic acids is 1. The summed E-state index contributed by atoms with van der Waals surface area (Å²) in [6.07, 6.45) is -5.73. The molecular formula is C18H24O10. The van der Waals surface area contributed by atoms with Crippen LogP contribution in [0, 0.1) is 0 Å². The molecule has 6 N–H and O–H groups in total. The van der Waals surface area contributed by atoms with Crippen LogP contribution in [0.4, 0.5) is 0 Å². The summed E-state index contributed by atoms with van der Waals surface area (Å²) in [5.74, 6) is -0.671. The summed E-state index contributed by atoms with van der Waals surface area (Å²) in [6, 6.07) is 6.08. The predicted molar refractivity (Wildman–Crippen MR) is 93.8 cm³/mol. The second-order valence-corrected chi connectivity index (χ2v) is 6.20. The van der Waals surface area contributed by atoms with Gasteiger partial charge >= 0.3 is 5.97 Å². The van der Waals surface area contributed by atoms with E-state index < -0.39 is 56.0 Å². The van der Waals surface area contributed by atoms with Gasteiger partial charge in [0.05, 0.1) is 19.8 Å². The summed E-state index contributed by atoms with van der Waals surface area (Å²) in [7, 11) is 0. The second kappa shape index (κ2) is 10.5. The lowest BCUT2D eigenvalue weighted by Crippen LogP contribution is -2.59. The van der Waals surface area contributed by atoms with Gasteiger partial charge in [0.15, 0.2) is 6.29 Å². The van der Waals surface area contributed by atoms with Crippen molar-refractivity contribution in [3.05, 3.63) is 35.9 Å². The third kappa shape index (κ3) is 5.97. The number of aliphatic hydroxyl groups is 5. The highest BCUT2D eigenvalue weighted by Crippen LogP contribution is 2.22. The van der Waals surface area contributed by atoms with Crippen molar-refractivity contribution >= 4 is 12.0 Å². The fraction of sp³-hybridized carbons (Fsp3) is 0.500. The Morgan fingerprint density at radius 1 is 1.11 bits per heavy atom. The molecule has 0 amide bonds. The molecule has 1 heterocycles. The van der Waals surface area contributed by atoms with Crippen molar-refractivity contribution in [3.8, 4) is 5.75 Å². The molecule has 2 rings (SSSR count). The molecule has 10 heteroatoms. The molecule has 0 spiro atoms. The normalized spacial score (nSPS) is 29.0. The Labute approximate surface area is 160 Å². The molecule has 1 aliphatic rings. The molecule has 1 aliphatic heterocycles. The van der Waals surface area contributed by atoms with Gasteiger partial charge in [-0.1, -0.05) is 12.1 Å². The van der Waals surface area contributed by atoms with Crippen molar-refractivity contribution in [2.75, 3.05) is 19.8 Å². The molecule has 0 aliphatic carbocycles. The fourth-order valence-corrected chi connectivity index (χ4v) is 2.48. The van der Waals surface area contributed by atoms with Crippen LogP contribution < -0.4 is 0 Å². The number of phenols is 1. The Morgan fingerprint density at radius 3 is 2.39 bits per heavy atom. The minimum Gasteiger partial charge on any atom is -0.508 e. The predicted octanol–water partition coefficient (Wildman–Crippen LogP) is -1.87. The van der Waals surface area contributed by atoms with Gasteiger partial charge in [-0.2, -0.15) is 0 Å². The molecule has 0 radical (unpaired) electrons. The topological polar surface area (TPSA) is 166 Å². The highest BCUT2D eigenvalue weighted by Gasteiger charge is 2.44. The number of benzene rings is 1. The van der Waals surface area contributed by atoms with Crippen LogP contribution in [-0.4, -0.2) is 93.2 Å². The van der Waals surface area contributed by atoms with Crippen LogP contribution in [0.5, 0.6) is 5.75 Å². The highest BCUT2D eigenvalue weighted by molar-refractivity contribution is 5.87. The standard InChI is InChI=1S/C18H24O10/c19-7-12(27-14(22)6-3-10-1-4-11(21)5-2-10)9-26-18-17(25)16(24)15(23)13(8-20)28-18/h1-6,12-13,15-21,23-25H,7-9H2/b6-3+. The van der Waals surface area contributed by atoms with Crippen molar-refractivity contribution < 1.29 is 49.6 Å². The molecule has 1 aromatic rings. The average Bonchev–Trinajstić information content (AvgIpc) is 2.70. The summed E-state index contributed by atoms with van der Waals surface area (Å²) in [6.45, 7) is -1.54. The second-order valence-electron chi connectivity index (χ2n) is 6.20. The van der Waals surface area contributed by atoms with Crippen molar-refractivity contribution in [2.24, 2.45) is 0 Å². The van der Waals surface area contributed by atoms with Gasteiger partial charge in [0, 0.05) is 6.08 Å². The number of ether oxygens (including phenoxy) is 3. The zero-order chi connectivity index (χ0) is 20.7. The zero-order valence-corrected chi connectivity index (χ0v) is 14.9. The average molecular weight is 400 g/mol. The van der Waals surface area contributed by atoms with Gasteiger partial charge in [0.1, 0.15) is 36.3 Å². The van der Waals surface area contributed by atoms with Crippen LogP contribution >= 0.6 is 0 Å². The molecule has 6 unspecified atom stereocenters. The van der Waals surface area contributed by atoms with E-state index in [4.69, 9.17) is 19.3 Å². The van der Waals surface area contributed by atoms with Gasteiger partial charge in [0.2, 0.25) is 0 Å². The van der Waals surface area contributed by atoms with E-state index in [1.165, 1.54) is 18.2 Å². The number of aliphatic hydroxyl groups excluding tert-OH is 5. The van der Waals surface area contributed by atoms with E-state index >= 15 is 0 Å². The summed E-state index contributed by atoms with van der Waals surface area (Å²) < 4.78 is 15.4. The largest absolute Gasteiger partial charge is 0.508 e. The van der Waals surface area contributed by atoms with E-state index in [9.17, 15) is 30.3 Å². The van der Waals surface area contributed by atoms with Crippen molar-refractivity contribution in [1.82, 2.24) is 0 Å². The smallest absolute Gasteiger partial charge is 0.331 e. The fourth-order valence-electron chi connectivity index (χ4n) is 2.48. The van der Waals surface area contributed by atoms with E-state index in [0.29, 0.717) is 5.56 Å². The first kappa shape index (κ1) is 22.2. The van der Waals surface area contributed by atoms with E-state index in [-0.39, 0.29) is 12.4 Å². The minimum atomic E-state index is -1.60. The Balaban J connectivity index is 1.86. The number of esters is 1. The van der Waals surface area contributed by atoms with Crippen LogP contribution in [0.1, 0.15) is 5.56 Å². The van der Waals surface area contributed by atoms with Gasteiger partial charge in [-0.15, -0.1) is 0 Å². The molecule has 28 heavy (non-hydrogen) atoms. The van der Waals surface area contributed by atoms with Crippen LogP contribution in [0.15, 0.2) is 30.3 Å². The maximum absolute atomic E-state index is 11.8. The van der Waals surface area contributed by atoms with Crippen LogP contribution in [-0.2, 0) is 19.0 Å². The minimum absolute atomic E-state index is 0.0883. The molecule has 156 valence electrons. The van der Waals surface area contributed by atoms with Gasteiger partial charge < -0.3 is 44.8 Å². The zero-order valence-electron chi connectivity index (χ0n) is 14.9. The first-order valence-corrected chi connectivity index (χ1v) is 8.56. The van der Waals surface area contributed by atoms with E-state index in [0.717, 1.165) is 6.08 Å². The van der Waals surface area contributed by atoms with Crippen LogP contribution in [0.2, 0.25) is 0 Å².